The largest absolute Gasteiger partial charge is 0.462 e. The first-order valence-electron chi connectivity index (χ1n) is 15.7. The summed E-state index contributed by atoms with van der Waals surface area (Å²) in [6.07, 6.45) is -1.09. The minimum Gasteiger partial charge on any atom is -0.462 e. The normalized spacial score (nSPS) is 16.5. The second kappa shape index (κ2) is 16.0. The van der Waals surface area contributed by atoms with Crippen molar-refractivity contribution >= 4 is 17.4 Å². The fourth-order valence-corrected chi connectivity index (χ4v) is 5.99. The Morgan fingerprint density at radius 1 is 0.705 bits per heavy atom. The SMILES string of the molecule is CCOC(=O)c1cccc2c1C(=O)C(c1cccc(C(OCC)OCC)c1)C(c1cccc(C(OCC)OCC)c1)N2CC. The topological polar surface area (TPSA) is 83.5 Å². The molecule has 1 heterocycles. The molecule has 0 saturated carbocycles. The van der Waals surface area contributed by atoms with Crippen molar-refractivity contribution in [3.63, 3.8) is 0 Å². The number of Topliss-reactive ketones (excluding diaryl/α,β-unsaturated/α-hetero) is 1. The summed E-state index contributed by atoms with van der Waals surface area (Å²) in [7, 11) is 0. The van der Waals surface area contributed by atoms with Crippen LogP contribution < -0.4 is 4.90 Å². The van der Waals surface area contributed by atoms with Crippen LogP contribution in [0.1, 0.15) is 109 Å². The van der Waals surface area contributed by atoms with Crippen LogP contribution in [0.25, 0.3) is 0 Å². The Balaban J connectivity index is 1.95. The van der Waals surface area contributed by atoms with E-state index in [2.05, 4.69) is 17.9 Å². The molecule has 44 heavy (non-hydrogen) atoms. The van der Waals surface area contributed by atoms with Gasteiger partial charge in [0.1, 0.15) is 0 Å². The zero-order chi connectivity index (χ0) is 31.6. The van der Waals surface area contributed by atoms with Gasteiger partial charge in [0.25, 0.3) is 0 Å². The summed E-state index contributed by atoms with van der Waals surface area (Å²) in [5, 5.41) is 0. The molecule has 8 heteroatoms. The number of hydrogen-bond acceptors (Lipinski definition) is 8. The van der Waals surface area contributed by atoms with E-state index < -0.39 is 24.5 Å². The van der Waals surface area contributed by atoms with Crippen molar-refractivity contribution in [2.45, 2.75) is 66.1 Å². The second-order valence-electron chi connectivity index (χ2n) is 10.3. The highest BCUT2D eigenvalue weighted by Crippen LogP contribution is 2.48. The van der Waals surface area contributed by atoms with E-state index in [1.165, 1.54) is 0 Å². The Hall–Kier alpha value is -3.56. The molecule has 8 nitrogen and oxygen atoms in total. The summed E-state index contributed by atoms with van der Waals surface area (Å²) in [5.74, 6) is -1.29. The van der Waals surface area contributed by atoms with Gasteiger partial charge in [-0.05, 0) is 76.9 Å². The van der Waals surface area contributed by atoms with Crippen molar-refractivity contribution in [3.8, 4) is 0 Å². The number of esters is 1. The summed E-state index contributed by atoms with van der Waals surface area (Å²) in [5.41, 5.74) is 4.81. The van der Waals surface area contributed by atoms with Crippen molar-refractivity contribution in [1.29, 1.82) is 0 Å². The fourth-order valence-electron chi connectivity index (χ4n) is 5.99. The zero-order valence-corrected chi connectivity index (χ0v) is 26.7. The van der Waals surface area contributed by atoms with Crippen LogP contribution in [0.15, 0.2) is 66.7 Å². The van der Waals surface area contributed by atoms with Crippen molar-refractivity contribution in [2.24, 2.45) is 0 Å². The molecule has 0 aromatic heterocycles. The van der Waals surface area contributed by atoms with Gasteiger partial charge in [-0.1, -0.05) is 42.5 Å². The van der Waals surface area contributed by atoms with Crippen LogP contribution in [0.4, 0.5) is 5.69 Å². The first-order chi connectivity index (χ1) is 21.4. The Labute approximate surface area is 261 Å². The van der Waals surface area contributed by atoms with E-state index in [1.54, 1.807) is 13.0 Å². The predicted molar refractivity (Wildman–Crippen MR) is 170 cm³/mol. The molecular weight excluding hydrogens is 558 g/mol. The van der Waals surface area contributed by atoms with Crippen molar-refractivity contribution < 1.29 is 33.3 Å². The minimum atomic E-state index is -0.644. The molecular formula is C36H45NO7. The molecule has 2 atom stereocenters. The second-order valence-corrected chi connectivity index (χ2v) is 10.3. The highest BCUT2D eigenvalue weighted by atomic mass is 16.7. The molecule has 0 N–H and O–H groups in total. The average molecular weight is 604 g/mol. The molecule has 0 radical (unpaired) electrons. The monoisotopic (exact) mass is 603 g/mol. The van der Waals surface area contributed by atoms with Gasteiger partial charge in [-0.25, -0.2) is 4.79 Å². The number of ketones is 1. The van der Waals surface area contributed by atoms with Crippen LogP contribution in [0.5, 0.6) is 0 Å². The van der Waals surface area contributed by atoms with E-state index >= 15 is 0 Å². The number of fused-ring (bicyclic) bond motifs is 1. The molecule has 0 spiro atoms. The predicted octanol–water partition coefficient (Wildman–Crippen LogP) is 7.55. The van der Waals surface area contributed by atoms with Gasteiger partial charge in [-0.3, -0.25) is 4.79 Å². The number of likely N-dealkylation sites (N-methyl/N-ethyl adjacent to an activating group) is 1. The summed E-state index contributed by atoms with van der Waals surface area (Å²) >= 11 is 0. The number of nitrogens with zero attached hydrogens (tertiary/aromatic N) is 1. The van der Waals surface area contributed by atoms with Gasteiger partial charge in [-0.2, -0.15) is 0 Å². The maximum Gasteiger partial charge on any atom is 0.338 e. The molecule has 4 rings (SSSR count). The lowest BCUT2D eigenvalue weighted by atomic mass is 9.75. The smallest absolute Gasteiger partial charge is 0.338 e. The van der Waals surface area contributed by atoms with E-state index in [0.29, 0.717) is 44.2 Å². The number of hydrogen-bond donors (Lipinski definition) is 0. The van der Waals surface area contributed by atoms with Crippen LogP contribution in [0.3, 0.4) is 0 Å². The molecule has 0 bridgehead atoms. The maximum atomic E-state index is 14.8. The van der Waals surface area contributed by atoms with E-state index in [9.17, 15) is 9.59 Å². The first-order valence-corrected chi connectivity index (χ1v) is 15.7. The third-order valence-corrected chi connectivity index (χ3v) is 7.71. The van der Waals surface area contributed by atoms with Crippen LogP contribution >= 0.6 is 0 Å². The average Bonchev–Trinajstić information content (AvgIpc) is 3.04. The van der Waals surface area contributed by atoms with Gasteiger partial charge in [0, 0.05) is 49.8 Å². The van der Waals surface area contributed by atoms with Crippen LogP contribution in [0, 0.1) is 0 Å². The lowest BCUT2D eigenvalue weighted by molar-refractivity contribution is -0.140. The molecule has 0 saturated heterocycles. The number of ether oxygens (including phenoxy) is 5. The standard InChI is InChI=1S/C36H45NO7/c1-7-37-29-21-15-20-28(34(39)40-8-2)31(29)33(38)30(24-16-13-18-26(22-24)35(41-9-3)42-10-4)32(37)25-17-14-19-27(23-25)36(43-11-5)44-12-6/h13-23,30,32,35-36H,7-12H2,1-6H3. The zero-order valence-electron chi connectivity index (χ0n) is 26.7. The van der Waals surface area contributed by atoms with Gasteiger partial charge in [-0.15, -0.1) is 0 Å². The van der Waals surface area contributed by atoms with E-state index in [0.717, 1.165) is 22.3 Å². The minimum absolute atomic E-state index is 0.142. The van der Waals surface area contributed by atoms with Crippen LogP contribution in [0.2, 0.25) is 0 Å². The molecule has 0 amide bonds. The number of carbonyl (C=O) groups excluding carboxylic acids is 2. The molecule has 0 aliphatic carbocycles. The van der Waals surface area contributed by atoms with Gasteiger partial charge in [0.05, 0.1) is 29.7 Å². The maximum absolute atomic E-state index is 14.8. The number of anilines is 1. The quantitative estimate of drug-likeness (QED) is 0.130. The number of benzene rings is 3. The van der Waals surface area contributed by atoms with E-state index in [4.69, 9.17) is 23.7 Å². The Morgan fingerprint density at radius 3 is 1.75 bits per heavy atom. The van der Waals surface area contributed by atoms with Crippen LogP contribution in [-0.4, -0.2) is 51.3 Å². The van der Waals surface area contributed by atoms with Gasteiger partial charge in [0.2, 0.25) is 0 Å². The highest BCUT2D eigenvalue weighted by molar-refractivity contribution is 6.14. The molecule has 0 fully saturated rings. The summed E-state index contributed by atoms with van der Waals surface area (Å²) < 4.78 is 29.0. The first kappa shape index (κ1) is 33.3. The van der Waals surface area contributed by atoms with E-state index in [-0.39, 0.29) is 24.0 Å². The molecule has 1 aliphatic rings. The van der Waals surface area contributed by atoms with Gasteiger partial charge < -0.3 is 28.6 Å². The third-order valence-electron chi connectivity index (χ3n) is 7.71. The van der Waals surface area contributed by atoms with Gasteiger partial charge in [0.15, 0.2) is 18.4 Å². The Bertz CT molecular complexity index is 1390. The lowest BCUT2D eigenvalue weighted by Crippen LogP contribution is -2.42. The van der Waals surface area contributed by atoms with Gasteiger partial charge >= 0.3 is 5.97 Å². The molecule has 2 unspecified atom stereocenters. The summed E-state index contributed by atoms with van der Waals surface area (Å²) in [4.78, 5) is 30.1. The Morgan fingerprint density at radius 2 is 1.23 bits per heavy atom. The number of carbonyl (C=O) groups is 2. The summed E-state index contributed by atoms with van der Waals surface area (Å²) in [6.45, 7) is 14.3. The molecule has 236 valence electrons. The fraction of sp³-hybridized carbons (Fsp3) is 0.444. The van der Waals surface area contributed by atoms with Crippen LogP contribution in [-0.2, 0) is 23.7 Å². The molecule has 1 aliphatic heterocycles. The third kappa shape index (κ3) is 7.05. The number of rotatable bonds is 15. The molecule has 3 aromatic rings. The van der Waals surface area contributed by atoms with Crippen molar-refractivity contribution in [1.82, 2.24) is 0 Å². The highest BCUT2D eigenvalue weighted by Gasteiger charge is 2.44. The Kier molecular flexibility index (Phi) is 12.1. The lowest BCUT2D eigenvalue weighted by Gasteiger charge is -2.43. The molecule has 3 aromatic carbocycles. The van der Waals surface area contributed by atoms with Crippen molar-refractivity contribution in [2.75, 3.05) is 44.5 Å². The van der Waals surface area contributed by atoms with Crippen molar-refractivity contribution in [3.05, 3.63) is 100 Å². The van der Waals surface area contributed by atoms with E-state index in [1.807, 2.05) is 82.3 Å². The summed E-state index contributed by atoms with van der Waals surface area (Å²) in [6, 6.07) is 20.9.